The first kappa shape index (κ1) is 15.5. The van der Waals surface area contributed by atoms with Gasteiger partial charge in [0.1, 0.15) is 5.52 Å². The number of nitrogens with one attached hydrogen (secondary N) is 1. The number of imide groups is 1. The van der Waals surface area contributed by atoms with Gasteiger partial charge in [0, 0.05) is 11.5 Å². The van der Waals surface area contributed by atoms with Crippen LogP contribution in [0, 0.1) is 12.8 Å². The van der Waals surface area contributed by atoms with Crippen LogP contribution < -0.4 is 9.88 Å². The van der Waals surface area contributed by atoms with Gasteiger partial charge in [0.2, 0.25) is 0 Å². The van der Waals surface area contributed by atoms with Crippen LogP contribution in [0.25, 0.3) is 10.9 Å². The fourth-order valence-electron chi connectivity index (χ4n) is 3.35. The number of para-hydroxylation sites is 1. The number of nitrogens with zero attached hydrogens (tertiary/aromatic N) is 1. The van der Waals surface area contributed by atoms with Crippen LogP contribution in [0.15, 0.2) is 60.7 Å². The number of anilines is 1. The summed E-state index contributed by atoms with van der Waals surface area (Å²) in [7, 11) is 0. The van der Waals surface area contributed by atoms with Crippen molar-refractivity contribution in [3.63, 3.8) is 0 Å². The molecule has 0 bridgehead atoms. The number of aromatic amines is 1. The Morgan fingerprint density at radius 3 is 2.56 bits per heavy atom. The first-order chi connectivity index (χ1) is 12.1. The number of hydrogen-bond donors (Lipinski definition) is 0. The number of carbonyl (C=O) groups excluding carboxylic acids is 2. The number of aryl methyl sites for hydroxylation is 1. The Balaban J connectivity index is 1.60. The minimum atomic E-state index is -0.296. The summed E-state index contributed by atoms with van der Waals surface area (Å²) >= 11 is 0. The maximum Gasteiger partial charge on any atom is 0.321 e. The van der Waals surface area contributed by atoms with Crippen molar-refractivity contribution in [1.82, 2.24) is 0 Å². The molecule has 4 nitrogen and oxygen atoms in total. The summed E-state index contributed by atoms with van der Waals surface area (Å²) in [5, 5.41) is 1.04. The van der Waals surface area contributed by atoms with Crippen LogP contribution >= 0.6 is 0 Å². The van der Waals surface area contributed by atoms with Gasteiger partial charge in [-0.1, -0.05) is 48.0 Å². The molecule has 4 rings (SSSR count). The predicted molar refractivity (Wildman–Crippen MR) is 96.0 cm³/mol. The van der Waals surface area contributed by atoms with E-state index in [1.807, 2.05) is 61.5 Å². The highest BCUT2D eigenvalue weighted by atomic mass is 16.2. The van der Waals surface area contributed by atoms with E-state index in [0.29, 0.717) is 12.2 Å². The summed E-state index contributed by atoms with van der Waals surface area (Å²) in [5.41, 5.74) is 3.17. The van der Waals surface area contributed by atoms with Crippen molar-refractivity contribution in [3.05, 3.63) is 71.8 Å². The maximum absolute atomic E-state index is 12.8. The Labute approximate surface area is 146 Å². The lowest BCUT2D eigenvalue weighted by Crippen LogP contribution is -2.35. The van der Waals surface area contributed by atoms with Gasteiger partial charge in [-0.15, -0.1) is 4.90 Å². The summed E-state index contributed by atoms with van der Waals surface area (Å²) in [5.74, 6) is -0.0269. The lowest BCUT2D eigenvalue weighted by atomic mass is 9.97. The van der Waals surface area contributed by atoms with Crippen molar-refractivity contribution in [2.75, 3.05) is 4.90 Å². The van der Waals surface area contributed by atoms with E-state index >= 15 is 0 Å². The summed E-state index contributed by atoms with van der Waals surface area (Å²) in [4.78, 5) is 29.8. The van der Waals surface area contributed by atoms with Gasteiger partial charge in [-0.05, 0) is 31.0 Å². The highest BCUT2D eigenvalue weighted by Crippen LogP contribution is 2.27. The summed E-state index contributed by atoms with van der Waals surface area (Å²) in [6.45, 7) is 2.03. The molecule has 1 N–H and O–H groups in total. The smallest absolute Gasteiger partial charge is 0.246 e. The monoisotopic (exact) mass is 331 g/mol. The van der Waals surface area contributed by atoms with Crippen molar-refractivity contribution in [1.29, 1.82) is 0 Å². The zero-order valence-electron chi connectivity index (χ0n) is 14.0. The van der Waals surface area contributed by atoms with Crippen LogP contribution in [0.5, 0.6) is 0 Å². The van der Waals surface area contributed by atoms with Crippen LogP contribution in [0.3, 0.4) is 0 Å². The predicted octanol–water partition coefficient (Wildman–Crippen LogP) is 3.08. The van der Waals surface area contributed by atoms with Crippen molar-refractivity contribution in [3.8, 4) is 0 Å². The summed E-state index contributed by atoms with van der Waals surface area (Å²) in [6, 6.07) is 19.7. The summed E-state index contributed by atoms with van der Waals surface area (Å²) < 4.78 is 0. The molecule has 1 aliphatic rings. The third kappa shape index (κ3) is 2.91. The number of rotatable bonds is 3. The van der Waals surface area contributed by atoms with E-state index in [0.717, 1.165) is 16.5 Å². The van der Waals surface area contributed by atoms with E-state index in [9.17, 15) is 9.59 Å². The third-order valence-corrected chi connectivity index (χ3v) is 4.73. The minimum Gasteiger partial charge on any atom is -0.246 e. The first-order valence-electron chi connectivity index (χ1n) is 8.45. The average molecular weight is 331 g/mol. The molecular weight excluding hydrogens is 312 g/mol. The molecule has 1 aromatic heterocycles. The van der Waals surface area contributed by atoms with Crippen LogP contribution in [0.1, 0.15) is 17.5 Å². The number of amides is 2. The number of aromatic nitrogens is 1. The lowest BCUT2D eigenvalue weighted by Gasteiger charge is -2.08. The third-order valence-electron chi connectivity index (χ3n) is 4.73. The zero-order valence-corrected chi connectivity index (χ0v) is 14.0. The van der Waals surface area contributed by atoms with Gasteiger partial charge in [-0.3, -0.25) is 0 Å². The molecule has 0 spiro atoms. The fraction of sp³-hybridized carbons (Fsp3) is 0.190. The van der Waals surface area contributed by atoms with E-state index in [1.165, 1.54) is 10.5 Å². The number of H-pyrrole nitrogens is 1. The molecule has 124 valence electrons. The Kier molecular flexibility index (Phi) is 3.80. The van der Waals surface area contributed by atoms with E-state index in [-0.39, 0.29) is 24.2 Å². The second-order valence-corrected chi connectivity index (χ2v) is 6.59. The minimum absolute atomic E-state index is 0.128. The molecule has 25 heavy (non-hydrogen) atoms. The highest BCUT2D eigenvalue weighted by Gasteiger charge is 2.46. The highest BCUT2D eigenvalue weighted by molar-refractivity contribution is 6.20. The molecule has 3 aromatic rings. The molecule has 2 aromatic carbocycles. The number of pyridine rings is 1. The average Bonchev–Trinajstić information content (AvgIpc) is 2.90. The first-order valence-corrected chi connectivity index (χ1v) is 8.45. The molecule has 0 radical (unpaired) electrons. The van der Waals surface area contributed by atoms with Gasteiger partial charge in [0.05, 0.1) is 12.3 Å². The van der Waals surface area contributed by atoms with E-state index in [2.05, 4.69) is 4.98 Å². The van der Waals surface area contributed by atoms with Gasteiger partial charge in [0.15, 0.2) is 0 Å². The van der Waals surface area contributed by atoms with Crippen molar-refractivity contribution in [2.24, 2.45) is 5.92 Å². The second kappa shape index (κ2) is 6.13. The molecular formula is C21H19N2O2+. The Morgan fingerprint density at radius 2 is 1.76 bits per heavy atom. The number of hydrogen-bond acceptors (Lipinski definition) is 2. The molecule has 0 aliphatic carbocycles. The molecule has 1 fully saturated rings. The van der Waals surface area contributed by atoms with Crippen molar-refractivity contribution in [2.45, 2.75) is 19.8 Å². The van der Waals surface area contributed by atoms with Crippen LogP contribution in [-0.4, -0.2) is 11.8 Å². The van der Waals surface area contributed by atoms with E-state index < -0.39 is 0 Å². The molecule has 4 heteroatoms. The Hall–Kier alpha value is -3.01. The number of benzene rings is 2. The quantitative estimate of drug-likeness (QED) is 0.693. The standard InChI is InChI=1S/C21H18N2O2/c1-14-6-8-15(9-7-14)12-17-13-20(24)23(21(17)25)19-11-10-16-4-2-3-5-18(16)22-19/h2-11,17H,12-13H2,1H3/p+1. The molecule has 1 saturated heterocycles. The second-order valence-electron chi connectivity index (χ2n) is 6.59. The number of carbonyl (C=O) groups is 2. The SMILES string of the molecule is Cc1ccc(CC2CC(=O)N(c3ccc4ccccc4[nH+]3)C2=O)cc1. The van der Waals surface area contributed by atoms with Crippen LogP contribution in [0.2, 0.25) is 0 Å². The Bertz CT molecular complexity index is 963. The van der Waals surface area contributed by atoms with Crippen molar-refractivity contribution >= 4 is 28.5 Å². The molecule has 1 atom stereocenters. The van der Waals surface area contributed by atoms with Crippen LogP contribution in [0.4, 0.5) is 5.82 Å². The van der Waals surface area contributed by atoms with Gasteiger partial charge in [-0.25, -0.2) is 14.6 Å². The van der Waals surface area contributed by atoms with Crippen molar-refractivity contribution < 1.29 is 14.6 Å². The maximum atomic E-state index is 12.8. The normalized spacial score (nSPS) is 17.5. The molecule has 0 saturated carbocycles. The van der Waals surface area contributed by atoms with Gasteiger partial charge in [-0.2, -0.15) is 0 Å². The largest absolute Gasteiger partial charge is 0.321 e. The number of fused-ring (bicyclic) bond motifs is 1. The fourth-order valence-corrected chi connectivity index (χ4v) is 3.35. The summed E-state index contributed by atoms with van der Waals surface area (Å²) in [6.07, 6.45) is 0.850. The zero-order chi connectivity index (χ0) is 17.4. The Morgan fingerprint density at radius 1 is 1.00 bits per heavy atom. The molecule has 1 aliphatic heterocycles. The van der Waals surface area contributed by atoms with Gasteiger partial charge in [0.25, 0.3) is 5.82 Å². The van der Waals surface area contributed by atoms with E-state index in [4.69, 9.17) is 0 Å². The molecule has 2 amide bonds. The topological polar surface area (TPSA) is 51.5 Å². The molecule has 2 heterocycles. The lowest BCUT2D eigenvalue weighted by molar-refractivity contribution is -0.329. The van der Waals surface area contributed by atoms with Gasteiger partial charge >= 0.3 is 11.8 Å². The van der Waals surface area contributed by atoms with Gasteiger partial charge < -0.3 is 0 Å². The van der Waals surface area contributed by atoms with Crippen LogP contribution in [-0.2, 0) is 16.0 Å². The molecule has 1 unspecified atom stereocenters. The van der Waals surface area contributed by atoms with E-state index in [1.54, 1.807) is 6.07 Å².